The van der Waals surface area contributed by atoms with Crippen LogP contribution in [0, 0.1) is 0 Å². The molecule has 1 amide bonds. The van der Waals surface area contributed by atoms with Crippen molar-refractivity contribution in [1.29, 1.82) is 0 Å². The molecule has 1 rings (SSSR count). The Kier molecular flexibility index (Phi) is 3.09. The van der Waals surface area contributed by atoms with Gasteiger partial charge in [0.05, 0.1) is 0 Å². The average molecular weight is 171 g/mol. The second-order valence-corrected chi connectivity index (χ2v) is 3.59. The predicted octanol–water partition coefficient (Wildman–Crippen LogP) is 0.768. The molecule has 2 atom stereocenters. The second kappa shape index (κ2) is 3.90. The zero-order valence-corrected chi connectivity index (χ0v) is 7.79. The number of hydrogen-bond acceptors (Lipinski definition) is 2. The molecule has 70 valence electrons. The summed E-state index contributed by atoms with van der Waals surface area (Å²) in [4.78, 5) is 13.1. The summed E-state index contributed by atoms with van der Waals surface area (Å²) in [7, 11) is 0. The maximum atomic E-state index is 11.3. The fourth-order valence-corrected chi connectivity index (χ4v) is 1.99. The summed E-state index contributed by atoms with van der Waals surface area (Å²) >= 11 is 0. The molecule has 12 heavy (non-hydrogen) atoms. The van der Waals surface area contributed by atoms with Crippen LogP contribution in [0.1, 0.15) is 33.1 Å². The Morgan fingerprint density at radius 3 is 2.33 bits per heavy atom. The summed E-state index contributed by atoms with van der Waals surface area (Å²) in [6.45, 7) is 3.74. The zero-order valence-electron chi connectivity index (χ0n) is 7.79. The SMILES string of the molecule is CC1CCCC(C)N1C(=O)CO. The summed E-state index contributed by atoms with van der Waals surface area (Å²) in [5.41, 5.74) is 0. The van der Waals surface area contributed by atoms with Gasteiger partial charge in [-0.1, -0.05) is 0 Å². The minimum absolute atomic E-state index is 0.130. The van der Waals surface area contributed by atoms with Crippen molar-refractivity contribution in [2.24, 2.45) is 0 Å². The first-order chi connectivity index (χ1) is 5.66. The number of hydrogen-bond donors (Lipinski definition) is 1. The van der Waals surface area contributed by atoms with Gasteiger partial charge in [-0.15, -0.1) is 0 Å². The van der Waals surface area contributed by atoms with Crippen LogP contribution in [0.5, 0.6) is 0 Å². The van der Waals surface area contributed by atoms with E-state index in [0.29, 0.717) is 12.1 Å². The van der Waals surface area contributed by atoms with Crippen molar-refractivity contribution in [3.8, 4) is 0 Å². The number of aliphatic hydroxyl groups is 1. The molecule has 3 nitrogen and oxygen atoms in total. The van der Waals surface area contributed by atoms with Gasteiger partial charge in [-0.25, -0.2) is 0 Å². The quantitative estimate of drug-likeness (QED) is 0.633. The van der Waals surface area contributed by atoms with Crippen LogP contribution in [-0.4, -0.2) is 34.6 Å². The first kappa shape index (κ1) is 9.52. The van der Waals surface area contributed by atoms with E-state index in [1.165, 1.54) is 6.42 Å². The van der Waals surface area contributed by atoms with Crippen LogP contribution in [-0.2, 0) is 4.79 Å². The van der Waals surface area contributed by atoms with Crippen LogP contribution in [0.4, 0.5) is 0 Å². The van der Waals surface area contributed by atoms with Crippen LogP contribution in [0.2, 0.25) is 0 Å². The lowest BCUT2D eigenvalue weighted by molar-refractivity contribution is -0.140. The summed E-state index contributed by atoms with van der Waals surface area (Å²) < 4.78 is 0. The first-order valence-electron chi connectivity index (χ1n) is 4.59. The van der Waals surface area contributed by atoms with Gasteiger partial charge in [0.25, 0.3) is 0 Å². The first-order valence-corrected chi connectivity index (χ1v) is 4.59. The molecule has 3 heteroatoms. The number of piperidine rings is 1. The minimum Gasteiger partial charge on any atom is -0.387 e. The molecule has 1 saturated heterocycles. The number of amides is 1. The highest BCUT2D eigenvalue weighted by molar-refractivity contribution is 5.77. The summed E-state index contributed by atoms with van der Waals surface area (Å²) in [5.74, 6) is -0.130. The molecule has 1 aliphatic heterocycles. The minimum atomic E-state index is -0.353. The Labute approximate surface area is 73.4 Å². The number of likely N-dealkylation sites (tertiary alicyclic amines) is 1. The molecule has 1 heterocycles. The van der Waals surface area contributed by atoms with Gasteiger partial charge in [0.1, 0.15) is 6.61 Å². The van der Waals surface area contributed by atoms with Crippen molar-refractivity contribution in [3.63, 3.8) is 0 Å². The van der Waals surface area contributed by atoms with E-state index < -0.39 is 0 Å². The number of aliphatic hydroxyl groups excluding tert-OH is 1. The highest BCUT2D eigenvalue weighted by Crippen LogP contribution is 2.22. The third-order valence-electron chi connectivity index (χ3n) is 2.62. The monoisotopic (exact) mass is 171 g/mol. The Balaban J connectivity index is 2.62. The maximum Gasteiger partial charge on any atom is 0.248 e. The van der Waals surface area contributed by atoms with E-state index in [1.54, 1.807) is 0 Å². The lowest BCUT2D eigenvalue weighted by atomic mass is 9.97. The van der Waals surface area contributed by atoms with E-state index in [-0.39, 0.29) is 12.5 Å². The van der Waals surface area contributed by atoms with Crippen molar-refractivity contribution < 1.29 is 9.90 Å². The van der Waals surface area contributed by atoms with Crippen molar-refractivity contribution in [2.75, 3.05) is 6.61 Å². The normalized spacial score (nSPS) is 30.4. The molecule has 0 bridgehead atoms. The van der Waals surface area contributed by atoms with Gasteiger partial charge in [-0.2, -0.15) is 0 Å². The smallest absolute Gasteiger partial charge is 0.248 e. The molecule has 1 aliphatic rings. The average Bonchev–Trinajstić information content (AvgIpc) is 2.03. The van der Waals surface area contributed by atoms with Crippen molar-refractivity contribution in [2.45, 2.75) is 45.2 Å². The molecule has 1 N–H and O–H groups in total. The van der Waals surface area contributed by atoms with E-state index >= 15 is 0 Å². The lowest BCUT2D eigenvalue weighted by Gasteiger charge is -2.38. The Morgan fingerprint density at radius 1 is 1.42 bits per heavy atom. The second-order valence-electron chi connectivity index (χ2n) is 3.59. The molecule has 0 aromatic rings. The van der Waals surface area contributed by atoms with E-state index in [4.69, 9.17) is 5.11 Å². The standard InChI is InChI=1S/C9H17NO2/c1-7-4-3-5-8(2)10(7)9(12)6-11/h7-8,11H,3-6H2,1-2H3. The maximum absolute atomic E-state index is 11.3. The van der Waals surface area contributed by atoms with Gasteiger partial charge in [-0.3, -0.25) is 4.79 Å². The van der Waals surface area contributed by atoms with Gasteiger partial charge in [-0.05, 0) is 33.1 Å². The topological polar surface area (TPSA) is 40.5 Å². The molecule has 0 spiro atoms. The fourth-order valence-electron chi connectivity index (χ4n) is 1.99. The molecule has 2 unspecified atom stereocenters. The van der Waals surface area contributed by atoms with Gasteiger partial charge < -0.3 is 10.0 Å². The molecular formula is C9H17NO2. The lowest BCUT2D eigenvalue weighted by Crippen LogP contribution is -2.48. The third-order valence-corrected chi connectivity index (χ3v) is 2.62. The molecule has 0 aliphatic carbocycles. The van der Waals surface area contributed by atoms with Gasteiger partial charge >= 0.3 is 0 Å². The van der Waals surface area contributed by atoms with E-state index in [0.717, 1.165) is 12.8 Å². The molecular weight excluding hydrogens is 154 g/mol. The number of nitrogens with zero attached hydrogens (tertiary/aromatic N) is 1. The van der Waals surface area contributed by atoms with Gasteiger partial charge in [0.15, 0.2) is 0 Å². The fraction of sp³-hybridized carbons (Fsp3) is 0.889. The van der Waals surface area contributed by atoms with Crippen LogP contribution in [0.25, 0.3) is 0 Å². The molecule has 0 aromatic heterocycles. The molecule has 0 saturated carbocycles. The van der Waals surface area contributed by atoms with Crippen molar-refractivity contribution in [3.05, 3.63) is 0 Å². The van der Waals surface area contributed by atoms with E-state index in [1.807, 2.05) is 18.7 Å². The summed E-state index contributed by atoms with van der Waals surface area (Å²) in [5, 5.41) is 8.73. The predicted molar refractivity (Wildman–Crippen MR) is 46.7 cm³/mol. The zero-order chi connectivity index (χ0) is 9.14. The summed E-state index contributed by atoms with van der Waals surface area (Å²) in [6, 6.07) is 0.599. The number of rotatable bonds is 1. The highest BCUT2D eigenvalue weighted by atomic mass is 16.3. The highest BCUT2D eigenvalue weighted by Gasteiger charge is 2.27. The third kappa shape index (κ3) is 1.78. The van der Waals surface area contributed by atoms with Crippen LogP contribution < -0.4 is 0 Å². The Bertz CT molecular complexity index is 160. The Hall–Kier alpha value is -0.570. The molecule has 1 fully saturated rings. The van der Waals surface area contributed by atoms with E-state index in [9.17, 15) is 4.79 Å². The largest absolute Gasteiger partial charge is 0.387 e. The van der Waals surface area contributed by atoms with Gasteiger partial charge in [0, 0.05) is 12.1 Å². The molecule has 0 radical (unpaired) electrons. The Morgan fingerprint density at radius 2 is 1.92 bits per heavy atom. The number of carbonyl (C=O) groups is 1. The van der Waals surface area contributed by atoms with Crippen LogP contribution in [0.3, 0.4) is 0 Å². The summed E-state index contributed by atoms with van der Waals surface area (Å²) in [6.07, 6.45) is 3.32. The van der Waals surface area contributed by atoms with E-state index in [2.05, 4.69) is 0 Å². The van der Waals surface area contributed by atoms with Crippen molar-refractivity contribution >= 4 is 5.91 Å². The van der Waals surface area contributed by atoms with Crippen LogP contribution in [0.15, 0.2) is 0 Å². The van der Waals surface area contributed by atoms with Crippen LogP contribution >= 0.6 is 0 Å². The number of carbonyl (C=O) groups excluding carboxylic acids is 1. The van der Waals surface area contributed by atoms with Crippen molar-refractivity contribution in [1.82, 2.24) is 4.90 Å². The van der Waals surface area contributed by atoms with Gasteiger partial charge in [0.2, 0.25) is 5.91 Å². The molecule has 0 aromatic carbocycles.